The lowest BCUT2D eigenvalue weighted by molar-refractivity contribution is -0.138. The van der Waals surface area contributed by atoms with Crippen LogP contribution in [0.2, 0.25) is 0 Å². The minimum atomic E-state index is -4.52. The van der Waals surface area contributed by atoms with Crippen LogP contribution >= 0.6 is 0 Å². The van der Waals surface area contributed by atoms with Crippen molar-refractivity contribution in [1.82, 2.24) is 24.8 Å². The number of imidazole rings is 1. The Balaban J connectivity index is 1.70. The first-order chi connectivity index (χ1) is 13.8. The van der Waals surface area contributed by atoms with Gasteiger partial charge in [0.2, 0.25) is 5.95 Å². The molecule has 3 N–H and O–H groups in total. The number of H-pyrrole nitrogens is 1. The molecule has 0 bridgehead atoms. The van der Waals surface area contributed by atoms with E-state index in [4.69, 9.17) is 0 Å². The Morgan fingerprint density at radius 1 is 1.34 bits per heavy atom. The van der Waals surface area contributed by atoms with Crippen molar-refractivity contribution in [1.29, 1.82) is 0 Å². The summed E-state index contributed by atoms with van der Waals surface area (Å²) in [6.07, 6.45) is -2.00. The van der Waals surface area contributed by atoms with Crippen LogP contribution in [0.25, 0.3) is 11.2 Å². The third-order valence-corrected chi connectivity index (χ3v) is 5.27. The zero-order valence-corrected chi connectivity index (χ0v) is 15.8. The normalized spacial score (nSPS) is 18.3. The topological polar surface area (TPSA) is 87.6 Å². The van der Waals surface area contributed by atoms with Gasteiger partial charge in [-0.1, -0.05) is 18.2 Å². The number of nitrogens with one attached hydrogen (secondary N) is 3. The highest BCUT2D eigenvalue weighted by Crippen LogP contribution is 2.35. The van der Waals surface area contributed by atoms with Gasteiger partial charge in [0.1, 0.15) is 5.52 Å². The average Bonchev–Trinajstić information content (AvgIpc) is 3.31. The van der Waals surface area contributed by atoms with Crippen LogP contribution in [0.4, 0.5) is 19.1 Å². The summed E-state index contributed by atoms with van der Waals surface area (Å²) in [4.78, 5) is 23.8. The first-order valence-electron chi connectivity index (χ1n) is 9.42. The highest BCUT2D eigenvalue weighted by molar-refractivity contribution is 5.71. The van der Waals surface area contributed by atoms with Crippen LogP contribution < -0.4 is 16.3 Å². The number of nitrogens with zero attached hydrogens (tertiary/aromatic N) is 3. The predicted molar refractivity (Wildman–Crippen MR) is 103 cm³/mol. The van der Waals surface area contributed by atoms with Crippen molar-refractivity contribution < 1.29 is 13.2 Å². The summed E-state index contributed by atoms with van der Waals surface area (Å²) < 4.78 is 41.6. The Bertz CT molecular complexity index is 1070. The number of fused-ring (bicyclic) bond motifs is 1. The van der Waals surface area contributed by atoms with E-state index in [0.717, 1.165) is 25.6 Å². The molecule has 0 aliphatic carbocycles. The lowest BCUT2D eigenvalue weighted by Crippen LogP contribution is -2.24. The molecule has 29 heavy (non-hydrogen) atoms. The van der Waals surface area contributed by atoms with Crippen molar-refractivity contribution in [2.24, 2.45) is 5.92 Å². The van der Waals surface area contributed by atoms with Crippen LogP contribution in [0.15, 0.2) is 35.3 Å². The largest absolute Gasteiger partial charge is 0.416 e. The molecule has 2 aromatic heterocycles. The first kappa shape index (κ1) is 19.4. The molecule has 1 aromatic carbocycles. The maximum Gasteiger partial charge on any atom is 0.416 e. The maximum atomic E-state index is 13.4. The Morgan fingerprint density at radius 2 is 2.14 bits per heavy atom. The second-order valence-corrected chi connectivity index (χ2v) is 7.23. The van der Waals surface area contributed by atoms with Crippen molar-refractivity contribution in [3.8, 4) is 0 Å². The van der Waals surface area contributed by atoms with Gasteiger partial charge in [0.15, 0.2) is 5.65 Å². The van der Waals surface area contributed by atoms with Gasteiger partial charge in [-0.25, -0.2) is 9.78 Å². The molecule has 1 saturated heterocycles. The molecule has 0 radical (unpaired) electrons. The minimum absolute atomic E-state index is 0.00755. The first-order valence-corrected chi connectivity index (χ1v) is 9.42. The van der Waals surface area contributed by atoms with Crippen LogP contribution in [0.1, 0.15) is 30.5 Å². The second kappa shape index (κ2) is 7.51. The van der Waals surface area contributed by atoms with E-state index >= 15 is 0 Å². The molecule has 3 aromatic rings. The summed E-state index contributed by atoms with van der Waals surface area (Å²) in [7, 11) is 0. The van der Waals surface area contributed by atoms with E-state index in [2.05, 4.69) is 25.6 Å². The summed E-state index contributed by atoms with van der Waals surface area (Å²) >= 11 is 0. The summed E-state index contributed by atoms with van der Waals surface area (Å²) in [5.74, 6) is 0.800. The van der Waals surface area contributed by atoms with Crippen molar-refractivity contribution in [3.63, 3.8) is 0 Å². The summed E-state index contributed by atoms with van der Waals surface area (Å²) in [6.45, 7) is 4.12. The number of aromatic amines is 1. The van der Waals surface area contributed by atoms with Crippen molar-refractivity contribution >= 4 is 17.1 Å². The third kappa shape index (κ3) is 3.84. The van der Waals surface area contributed by atoms with Gasteiger partial charge in [0, 0.05) is 6.54 Å². The SMILES string of the molecule is C[C@@H](c1ccccc1C(F)(F)F)n1c(=O)[nH]c2cnc(NC[C@@H]3CCNC3)nc21. The lowest BCUT2D eigenvalue weighted by Gasteiger charge is -2.19. The summed E-state index contributed by atoms with van der Waals surface area (Å²) in [5, 5.41) is 6.44. The van der Waals surface area contributed by atoms with E-state index in [1.54, 1.807) is 6.92 Å². The molecule has 0 amide bonds. The number of hydrogen-bond acceptors (Lipinski definition) is 5. The minimum Gasteiger partial charge on any atom is -0.354 e. The van der Waals surface area contributed by atoms with Crippen LogP contribution in [-0.2, 0) is 6.18 Å². The molecule has 0 spiro atoms. The predicted octanol–water partition coefficient (Wildman–Crippen LogP) is 2.77. The smallest absolute Gasteiger partial charge is 0.354 e. The molecular formula is C19H21F3N6O. The molecule has 1 fully saturated rings. The number of alkyl halides is 3. The van der Waals surface area contributed by atoms with Gasteiger partial charge in [-0.15, -0.1) is 0 Å². The molecule has 3 heterocycles. The Hall–Kier alpha value is -2.88. The lowest BCUT2D eigenvalue weighted by atomic mass is 10.0. The van der Waals surface area contributed by atoms with E-state index in [-0.39, 0.29) is 11.2 Å². The molecule has 0 saturated carbocycles. The highest BCUT2D eigenvalue weighted by Gasteiger charge is 2.35. The van der Waals surface area contributed by atoms with Crippen LogP contribution in [0.5, 0.6) is 0 Å². The molecule has 7 nitrogen and oxygen atoms in total. The van der Waals surface area contributed by atoms with Crippen LogP contribution in [0.3, 0.4) is 0 Å². The van der Waals surface area contributed by atoms with Gasteiger partial charge in [0.25, 0.3) is 0 Å². The molecule has 10 heteroatoms. The maximum absolute atomic E-state index is 13.4. The third-order valence-electron chi connectivity index (χ3n) is 5.27. The van der Waals surface area contributed by atoms with Crippen molar-refractivity contribution in [2.75, 3.05) is 25.0 Å². The fraction of sp³-hybridized carbons (Fsp3) is 0.421. The van der Waals surface area contributed by atoms with E-state index in [1.165, 1.54) is 29.0 Å². The molecule has 0 unspecified atom stereocenters. The van der Waals surface area contributed by atoms with Gasteiger partial charge in [-0.3, -0.25) is 4.57 Å². The fourth-order valence-corrected chi connectivity index (χ4v) is 3.74. The van der Waals surface area contributed by atoms with E-state index < -0.39 is 23.5 Å². The quantitative estimate of drug-likeness (QED) is 0.607. The van der Waals surface area contributed by atoms with Gasteiger partial charge < -0.3 is 15.6 Å². The van der Waals surface area contributed by atoms with Crippen molar-refractivity contribution in [2.45, 2.75) is 25.6 Å². The summed E-state index contributed by atoms with van der Waals surface area (Å²) in [6, 6.07) is 4.39. The number of anilines is 1. The van der Waals surface area contributed by atoms with E-state index in [9.17, 15) is 18.0 Å². The molecular weight excluding hydrogens is 385 g/mol. The van der Waals surface area contributed by atoms with Gasteiger partial charge in [-0.2, -0.15) is 18.2 Å². The fourth-order valence-electron chi connectivity index (χ4n) is 3.74. The number of halogens is 3. The zero-order chi connectivity index (χ0) is 20.6. The highest BCUT2D eigenvalue weighted by atomic mass is 19.4. The van der Waals surface area contributed by atoms with Gasteiger partial charge >= 0.3 is 11.9 Å². The van der Waals surface area contributed by atoms with Crippen LogP contribution in [-0.4, -0.2) is 39.2 Å². The summed E-state index contributed by atoms with van der Waals surface area (Å²) in [5.41, 5.74) is -0.653. The Morgan fingerprint density at radius 3 is 2.86 bits per heavy atom. The standard InChI is InChI=1S/C19H21F3N6O/c1-11(13-4-2-3-5-14(13)19(20,21)22)28-16-15(26-18(28)29)10-25-17(27-16)24-9-12-6-7-23-8-12/h2-5,10-12,23H,6-9H2,1H3,(H,26,29)(H,24,25,27)/t11-,12+/m0/s1. The average molecular weight is 406 g/mol. The van der Waals surface area contributed by atoms with Crippen molar-refractivity contribution in [3.05, 3.63) is 52.1 Å². The molecule has 154 valence electrons. The molecule has 1 aliphatic rings. The number of aromatic nitrogens is 4. The van der Waals surface area contributed by atoms with Gasteiger partial charge in [0.05, 0.1) is 17.8 Å². The second-order valence-electron chi connectivity index (χ2n) is 7.23. The molecule has 4 rings (SSSR count). The van der Waals surface area contributed by atoms with Crippen LogP contribution in [0, 0.1) is 5.92 Å². The molecule has 2 atom stereocenters. The number of rotatable bonds is 5. The zero-order valence-electron chi connectivity index (χ0n) is 15.8. The number of hydrogen-bond donors (Lipinski definition) is 3. The Labute approximate surface area is 164 Å². The monoisotopic (exact) mass is 406 g/mol. The number of benzene rings is 1. The van der Waals surface area contributed by atoms with E-state index in [1.807, 2.05) is 0 Å². The molecule has 1 aliphatic heterocycles. The Kier molecular flexibility index (Phi) is 5.03. The van der Waals surface area contributed by atoms with E-state index in [0.29, 0.717) is 23.9 Å². The van der Waals surface area contributed by atoms with Gasteiger partial charge in [-0.05, 0) is 44.0 Å².